The Kier molecular flexibility index (Phi) is 7.25. The summed E-state index contributed by atoms with van der Waals surface area (Å²) in [6.45, 7) is 5.17. The smallest absolute Gasteiger partial charge is 0.152 e. The lowest BCUT2D eigenvalue weighted by Gasteiger charge is -2.43. The number of H-pyrrole nitrogens is 1. The Hall–Kier alpha value is -2.39. The van der Waals surface area contributed by atoms with Crippen LogP contribution in [0.5, 0.6) is 0 Å². The molecule has 4 heterocycles. The van der Waals surface area contributed by atoms with E-state index in [0.29, 0.717) is 25.2 Å². The summed E-state index contributed by atoms with van der Waals surface area (Å²) in [6, 6.07) is 18.3. The Morgan fingerprint density at radius 2 is 1.49 bits per heavy atom. The molecule has 0 aliphatic carbocycles. The molecule has 3 aliphatic rings. The molecule has 8 heteroatoms. The number of nitrogens with one attached hydrogen (secondary N) is 1. The average molecular weight is 524 g/mol. The molecule has 2 aromatic carbocycles. The molecule has 0 amide bonds. The topological polar surface area (TPSA) is 74.9 Å². The molecule has 37 heavy (non-hydrogen) atoms. The van der Waals surface area contributed by atoms with Crippen LogP contribution in [0.1, 0.15) is 31.2 Å². The number of aromatic amines is 1. The maximum Gasteiger partial charge on any atom is 0.152 e. The van der Waals surface area contributed by atoms with Crippen molar-refractivity contribution in [3.05, 3.63) is 54.1 Å². The van der Waals surface area contributed by atoms with Crippen molar-refractivity contribution in [1.29, 1.82) is 0 Å². The van der Waals surface area contributed by atoms with E-state index in [1.54, 1.807) is 0 Å². The Bertz CT molecular complexity index is 1280. The van der Waals surface area contributed by atoms with E-state index < -0.39 is 9.84 Å². The molecule has 0 radical (unpaired) electrons. The van der Waals surface area contributed by atoms with Crippen molar-refractivity contribution in [1.82, 2.24) is 9.88 Å². The van der Waals surface area contributed by atoms with Crippen molar-refractivity contribution in [2.45, 2.75) is 44.3 Å². The Balaban J connectivity index is 1.43. The molecule has 1 aromatic heterocycles. The van der Waals surface area contributed by atoms with E-state index in [1.165, 1.54) is 27.7 Å². The molecule has 7 nitrogen and oxygen atoms in total. The molecular weight excluding hydrogens is 486 g/mol. The van der Waals surface area contributed by atoms with Crippen molar-refractivity contribution in [2.75, 3.05) is 55.9 Å². The van der Waals surface area contributed by atoms with Gasteiger partial charge in [-0.05, 0) is 55.0 Å². The zero-order valence-electron chi connectivity index (χ0n) is 21.4. The quantitative estimate of drug-likeness (QED) is 0.521. The van der Waals surface area contributed by atoms with Gasteiger partial charge in [0.15, 0.2) is 9.84 Å². The minimum Gasteiger partial charge on any atom is -0.381 e. The van der Waals surface area contributed by atoms with E-state index in [1.807, 2.05) is 6.07 Å². The van der Waals surface area contributed by atoms with E-state index in [-0.39, 0.29) is 11.5 Å². The number of sulfone groups is 1. The number of fused-ring (bicyclic) bond motifs is 1. The van der Waals surface area contributed by atoms with Gasteiger partial charge in [0.2, 0.25) is 0 Å². The van der Waals surface area contributed by atoms with Gasteiger partial charge < -0.3 is 19.4 Å². The van der Waals surface area contributed by atoms with Gasteiger partial charge >= 0.3 is 0 Å². The lowest BCUT2D eigenvalue weighted by atomic mass is 9.97. The molecule has 3 saturated heterocycles. The molecule has 6 rings (SSSR count). The van der Waals surface area contributed by atoms with Crippen LogP contribution in [0.4, 0.5) is 5.69 Å². The third-order valence-electron chi connectivity index (χ3n) is 8.14. The minimum atomic E-state index is -2.90. The van der Waals surface area contributed by atoms with Crippen LogP contribution in [0.3, 0.4) is 0 Å². The van der Waals surface area contributed by atoms with Crippen LogP contribution in [0, 0.1) is 0 Å². The van der Waals surface area contributed by atoms with Crippen molar-refractivity contribution < 1.29 is 17.9 Å². The third-order valence-corrected chi connectivity index (χ3v) is 9.75. The van der Waals surface area contributed by atoms with Gasteiger partial charge in [-0.15, -0.1) is 0 Å². The van der Waals surface area contributed by atoms with Crippen molar-refractivity contribution in [2.24, 2.45) is 0 Å². The van der Waals surface area contributed by atoms with E-state index in [0.717, 1.165) is 64.3 Å². The minimum absolute atomic E-state index is 0.251. The van der Waals surface area contributed by atoms with Gasteiger partial charge in [0.25, 0.3) is 0 Å². The number of hydrogen-bond donors (Lipinski definition) is 1. The first-order chi connectivity index (χ1) is 18.1. The lowest BCUT2D eigenvalue weighted by molar-refractivity contribution is 0.0642. The third kappa shape index (κ3) is 5.58. The lowest BCUT2D eigenvalue weighted by Crippen LogP contribution is -2.48. The summed E-state index contributed by atoms with van der Waals surface area (Å²) >= 11 is 0. The number of nitrogens with zero attached hydrogens (tertiary/aromatic N) is 2. The van der Waals surface area contributed by atoms with Gasteiger partial charge in [-0.3, -0.25) is 4.90 Å². The second-order valence-corrected chi connectivity index (χ2v) is 13.0. The molecule has 0 bridgehead atoms. The van der Waals surface area contributed by atoms with E-state index in [2.05, 4.69) is 57.2 Å². The van der Waals surface area contributed by atoms with E-state index in [9.17, 15) is 8.42 Å². The predicted molar refractivity (Wildman–Crippen MR) is 148 cm³/mol. The highest BCUT2D eigenvalue weighted by Gasteiger charge is 2.32. The van der Waals surface area contributed by atoms with Crippen LogP contribution in [0.2, 0.25) is 0 Å². The van der Waals surface area contributed by atoms with Crippen molar-refractivity contribution >= 4 is 26.4 Å². The molecule has 3 aliphatic heterocycles. The first kappa shape index (κ1) is 24.9. The average Bonchev–Trinajstić information content (AvgIpc) is 3.36. The molecule has 0 saturated carbocycles. The predicted octanol–water partition coefficient (Wildman–Crippen LogP) is 4.23. The van der Waals surface area contributed by atoms with E-state index in [4.69, 9.17) is 9.47 Å². The second kappa shape index (κ2) is 10.8. The van der Waals surface area contributed by atoms with E-state index >= 15 is 0 Å². The zero-order valence-corrected chi connectivity index (χ0v) is 22.2. The van der Waals surface area contributed by atoms with Crippen LogP contribution >= 0.6 is 0 Å². The highest BCUT2D eigenvalue weighted by molar-refractivity contribution is 7.91. The highest BCUT2D eigenvalue weighted by Crippen LogP contribution is 2.38. The molecular formula is C29H37N3O4S. The van der Waals surface area contributed by atoms with Gasteiger partial charge in [-0.25, -0.2) is 8.42 Å². The number of hydrogen-bond acceptors (Lipinski definition) is 6. The van der Waals surface area contributed by atoms with Gasteiger partial charge in [-0.2, -0.15) is 0 Å². The highest BCUT2D eigenvalue weighted by atomic mass is 32.2. The molecule has 0 atom stereocenters. The Labute approximate surface area is 219 Å². The van der Waals surface area contributed by atoms with Gasteiger partial charge in [-0.1, -0.05) is 30.3 Å². The Morgan fingerprint density at radius 3 is 2.11 bits per heavy atom. The maximum absolute atomic E-state index is 12.0. The number of aromatic nitrogens is 1. The fraction of sp³-hybridized carbons (Fsp3) is 0.517. The summed E-state index contributed by atoms with van der Waals surface area (Å²) < 4.78 is 35.5. The molecule has 0 spiro atoms. The summed E-state index contributed by atoms with van der Waals surface area (Å²) in [5.41, 5.74) is 5.98. The second-order valence-electron chi connectivity index (χ2n) is 10.7. The normalized spacial score (nSPS) is 21.8. The summed E-state index contributed by atoms with van der Waals surface area (Å²) in [6.07, 6.45) is 4.11. The van der Waals surface area contributed by atoms with Gasteiger partial charge in [0, 0.05) is 69.2 Å². The molecule has 0 unspecified atom stereocenters. The fourth-order valence-electron chi connectivity index (χ4n) is 6.14. The first-order valence-corrected chi connectivity index (χ1v) is 15.5. The van der Waals surface area contributed by atoms with Crippen LogP contribution in [0.15, 0.2) is 48.5 Å². The molecule has 3 fully saturated rings. The van der Waals surface area contributed by atoms with Crippen molar-refractivity contribution in [3.8, 4) is 11.3 Å². The Morgan fingerprint density at radius 1 is 0.865 bits per heavy atom. The summed E-state index contributed by atoms with van der Waals surface area (Å²) in [5.74, 6) is 0.501. The molecule has 3 aromatic rings. The molecule has 198 valence electrons. The van der Waals surface area contributed by atoms with Gasteiger partial charge in [0.1, 0.15) is 0 Å². The largest absolute Gasteiger partial charge is 0.381 e. The maximum atomic E-state index is 12.0. The summed E-state index contributed by atoms with van der Waals surface area (Å²) in [7, 11) is -2.90. The fourth-order valence-corrected chi connectivity index (χ4v) is 7.42. The zero-order chi connectivity index (χ0) is 25.2. The number of rotatable bonds is 6. The number of ether oxygens (including phenoxy) is 2. The molecule has 1 N–H and O–H groups in total. The van der Waals surface area contributed by atoms with Crippen LogP contribution in [-0.4, -0.2) is 81.4 Å². The summed E-state index contributed by atoms with van der Waals surface area (Å²) in [5, 5.41) is 1.21. The standard InChI is InChI=1S/C29H37N3O4S/c33-37(34)16-10-31(11-17-37)21-22-18-24-20-27(23-4-2-1-3-5-23)30-29(24)28(19-22)32(25-6-12-35-13-7-25)26-8-14-36-15-9-26/h1-5,18-20,25-26,30H,6-17,21H2. The van der Waals surface area contributed by atoms with Crippen LogP contribution in [-0.2, 0) is 25.9 Å². The first-order valence-electron chi connectivity index (χ1n) is 13.6. The van der Waals surface area contributed by atoms with Crippen molar-refractivity contribution in [3.63, 3.8) is 0 Å². The monoisotopic (exact) mass is 523 g/mol. The summed E-state index contributed by atoms with van der Waals surface area (Å²) in [4.78, 5) is 8.75. The van der Waals surface area contributed by atoms with Gasteiger partial charge in [0.05, 0.1) is 22.7 Å². The van der Waals surface area contributed by atoms with Crippen LogP contribution < -0.4 is 4.90 Å². The number of anilines is 1. The van der Waals surface area contributed by atoms with Crippen LogP contribution in [0.25, 0.3) is 22.2 Å². The number of benzene rings is 2. The SMILES string of the molecule is O=S1(=O)CCN(Cc2cc(N(C3CCOCC3)C3CCOCC3)c3[nH]c(-c4ccccc4)cc3c2)CC1.